The largest absolute Gasteiger partial charge is 0.394 e. The number of nitrogens with zero attached hydrogens (tertiary/aromatic N) is 2. The summed E-state index contributed by atoms with van der Waals surface area (Å²) in [5.74, 6) is 0. The second-order valence-electron chi connectivity index (χ2n) is 5.44. The third-order valence-electron chi connectivity index (χ3n) is 3.85. The van der Waals surface area contributed by atoms with E-state index < -0.39 is 0 Å². The third kappa shape index (κ3) is 3.60. The van der Waals surface area contributed by atoms with Crippen molar-refractivity contribution in [2.45, 2.75) is 6.73 Å². The standard InChI is InChI=1S/C19H18N2O4/c22-11-12-25-14-20-17(15-7-3-1-4-8-15)13-18(21(23)24)19(20)16-9-5-2-6-10-16/h1-10,13,22H,11-12,14H2. The van der Waals surface area contributed by atoms with Gasteiger partial charge < -0.3 is 14.4 Å². The highest BCUT2D eigenvalue weighted by Gasteiger charge is 2.25. The fraction of sp³-hybridized carbons (Fsp3) is 0.158. The van der Waals surface area contributed by atoms with Gasteiger partial charge >= 0.3 is 0 Å². The van der Waals surface area contributed by atoms with Crippen LogP contribution < -0.4 is 0 Å². The predicted octanol–water partition coefficient (Wildman–Crippen LogP) is 3.70. The van der Waals surface area contributed by atoms with Crippen molar-refractivity contribution in [3.05, 3.63) is 76.8 Å². The van der Waals surface area contributed by atoms with Crippen molar-refractivity contribution in [1.29, 1.82) is 0 Å². The van der Waals surface area contributed by atoms with E-state index in [9.17, 15) is 10.1 Å². The normalized spacial score (nSPS) is 10.8. The number of aromatic nitrogens is 1. The van der Waals surface area contributed by atoms with Gasteiger partial charge in [-0.25, -0.2) is 0 Å². The minimum absolute atomic E-state index is 0.0256. The van der Waals surface area contributed by atoms with Gasteiger partial charge in [-0.15, -0.1) is 0 Å². The zero-order valence-corrected chi connectivity index (χ0v) is 13.5. The number of rotatable bonds is 7. The summed E-state index contributed by atoms with van der Waals surface area (Å²) in [6.07, 6.45) is 0. The van der Waals surface area contributed by atoms with Crippen LogP contribution in [0.25, 0.3) is 22.5 Å². The maximum absolute atomic E-state index is 11.6. The van der Waals surface area contributed by atoms with Crippen molar-refractivity contribution in [2.24, 2.45) is 0 Å². The summed E-state index contributed by atoms with van der Waals surface area (Å²) in [7, 11) is 0. The highest BCUT2D eigenvalue weighted by molar-refractivity contribution is 5.78. The number of hydrogen-bond acceptors (Lipinski definition) is 4. The van der Waals surface area contributed by atoms with Crippen molar-refractivity contribution in [1.82, 2.24) is 4.57 Å². The molecule has 0 aliphatic heterocycles. The van der Waals surface area contributed by atoms with Gasteiger partial charge in [0.2, 0.25) is 0 Å². The van der Waals surface area contributed by atoms with Crippen LogP contribution in [0.15, 0.2) is 66.7 Å². The number of aliphatic hydroxyl groups excluding tert-OH is 1. The average Bonchev–Trinajstić information content (AvgIpc) is 3.03. The Morgan fingerprint density at radius 2 is 1.60 bits per heavy atom. The van der Waals surface area contributed by atoms with Crippen LogP contribution in [0.5, 0.6) is 0 Å². The molecule has 0 fully saturated rings. The van der Waals surface area contributed by atoms with Gasteiger partial charge in [0, 0.05) is 11.6 Å². The third-order valence-corrected chi connectivity index (χ3v) is 3.85. The van der Waals surface area contributed by atoms with Crippen LogP contribution in [0, 0.1) is 10.1 Å². The molecule has 0 saturated heterocycles. The van der Waals surface area contributed by atoms with Gasteiger partial charge in [0.15, 0.2) is 0 Å². The van der Waals surface area contributed by atoms with Crippen molar-refractivity contribution in [3.8, 4) is 22.5 Å². The van der Waals surface area contributed by atoms with Crippen molar-refractivity contribution in [2.75, 3.05) is 13.2 Å². The lowest BCUT2D eigenvalue weighted by atomic mass is 10.1. The molecular weight excluding hydrogens is 320 g/mol. The first-order valence-corrected chi connectivity index (χ1v) is 7.89. The van der Waals surface area contributed by atoms with Crippen LogP contribution in [0.4, 0.5) is 5.69 Å². The van der Waals surface area contributed by atoms with Crippen molar-refractivity contribution in [3.63, 3.8) is 0 Å². The van der Waals surface area contributed by atoms with Crippen molar-refractivity contribution < 1.29 is 14.8 Å². The maximum Gasteiger partial charge on any atom is 0.295 e. The summed E-state index contributed by atoms with van der Waals surface area (Å²) in [5, 5.41) is 20.6. The van der Waals surface area contributed by atoms with Crippen LogP contribution in [0.1, 0.15) is 0 Å². The van der Waals surface area contributed by atoms with Crippen molar-refractivity contribution >= 4 is 5.69 Å². The summed E-state index contributed by atoms with van der Waals surface area (Å²) >= 11 is 0. The SMILES string of the molecule is O=[N+]([O-])c1cc(-c2ccccc2)n(COCCO)c1-c1ccccc1. The first-order chi connectivity index (χ1) is 12.2. The topological polar surface area (TPSA) is 77.5 Å². The van der Waals surface area contributed by atoms with Gasteiger partial charge in [-0.1, -0.05) is 60.7 Å². The molecule has 0 saturated carbocycles. The molecule has 0 spiro atoms. The molecule has 0 aliphatic rings. The van der Waals surface area contributed by atoms with E-state index in [2.05, 4.69) is 0 Å². The summed E-state index contributed by atoms with van der Waals surface area (Å²) in [5.41, 5.74) is 2.81. The molecule has 0 bridgehead atoms. The van der Waals surface area contributed by atoms with E-state index in [4.69, 9.17) is 9.84 Å². The molecule has 2 aromatic carbocycles. The molecule has 1 aromatic heterocycles. The first kappa shape index (κ1) is 16.9. The minimum Gasteiger partial charge on any atom is -0.394 e. The lowest BCUT2D eigenvalue weighted by Crippen LogP contribution is -2.09. The average molecular weight is 338 g/mol. The fourth-order valence-electron chi connectivity index (χ4n) is 2.78. The van der Waals surface area contributed by atoms with E-state index in [1.54, 1.807) is 10.6 Å². The summed E-state index contributed by atoms with van der Waals surface area (Å²) in [4.78, 5) is 11.3. The second-order valence-corrected chi connectivity index (χ2v) is 5.44. The van der Waals surface area contributed by atoms with Crippen LogP contribution in [0.3, 0.4) is 0 Å². The molecule has 0 aliphatic carbocycles. The van der Waals surface area contributed by atoms with E-state index in [1.807, 2.05) is 60.7 Å². The Hall–Kier alpha value is -2.96. The first-order valence-electron chi connectivity index (χ1n) is 7.89. The van der Waals surface area contributed by atoms with E-state index in [0.29, 0.717) is 11.4 Å². The Balaban J connectivity index is 2.20. The highest BCUT2D eigenvalue weighted by atomic mass is 16.6. The molecule has 6 heteroatoms. The Bertz CT molecular complexity index is 845. The van der Waals surface area contributed by atoms with Crippen LogP contribution in [-0.2, 0) is 11.5 Å². The Kier molecular flexibility index (Phi) is 5.23. The molecule has 1 heterocycles. The quantitative estimate of drug-likeness (QED) is 0.405. The smallest absolute Gasteiger partial charge is 0.295 e. The van der Waals surface area contributed by atoms with E-state index in [0.717, 1.165) is 11.1 Å². The molecule has 3 rings (SSSR count). The Labute approximate surface area is 145 Å². The summed E-state index contributed by atoms with van der Waals surface area (Å²) in [6, 6.07) is 20.2. The summed E-state index contributed by atoms with van der Waals surface area (Å²) < 4.78 is 7.25. The van der Waals surface area contributed by atoms with Crippen LogP contribution in [0.2, 0.25) is 0 Å². The molecule has 1 N–H and O–H groups in total. The lowest BCUT2D eigenvalue weighted by molar-refractivity contribution is -0.384. The molecule has 0 atom stereocenters. The van der Waals surface area contributed by atoms with Gasteiger partial charge in [-0.2, -0.15) is 0 Å². The number of ether oxygens (including phenoxy) is 1. The van der Waals surface area contributed by atoms with Crippen LogP contribution >= 0.6 is 0 Å². The molecule has 25 heavy (non-hydrogen) atoms. The molecular formula is C19H18N2O4. The Morgan fingerprint density at radius 1 is 1.00 bits per heavy atom. The highest BCUT2D eigenvalue weighted by Crippen LogP contribution is 2.37. The molecule has 3 aromatic rings. The van der Waals surface area contributed by atoms with Gasteiger partial charge in [-0.05, 0) is 5.56 Å². The van der Waals surface area contributed by atoms with Gasteiger partial charge in [-0.3, -0.25) is 10.1 Å². The molecule has 0 amide bonds. The lowest BCUT2D eigenvalue weighted by Gasteiger charge is -2.13. The molecule has 6 nitrogen and oxygen atoms in total. The molecule has 128 valence electrons. The monoisotopic (exact) mass is 338 g/mol. The second kappa shape index (κ2) is 7.74. The molecule has 0 radical (unpaired) electrons. The zero-order chi connectivity index (χ0) is 17.6. The molecule has 0 unspecified atom stereocenters. The Morgan fingerprint density at radius 3 is 2.16 bits per heavy atom. The number of nitro groups is 1. The van der Waals surface area contributed by atoms with Gasteiger partial charge in [0.25, 0.3) is 5.69 Å². The number of benzene rings is 2. The predicted molar refractivity (Wildman–Crippen MR) is 95.0 cm³/mol. The van der Waals surface area contributed by atoms with Gasteiger partial charge in [0.1, 0.15) is 12.4 Å². The number of hydrogen-bond donors (Lipinski definition) is 1. The van der Waals surface area contributed by atoms with Gasteiger partial charge in [0.05, 0.1) is 23.8 Å². The van der Waals surface area contributed by atoms with E-state index in [1.165, 1.54) is 0 Å². The van der Waals surface area contributed by atoms with Crippen LogP contribution in [-0.4, -0.2) is 27.8 Å². The number of aliphatic hydroxyl groups is 1. The fourth-order valence-corrected chi connectivity index (χ4v) is 2.78. The maximum atomic E-state index is 11.6. The summed E-state index contributed by atoms with van der Waals surface area (Å²) in [6.45, 7) is 0.169. The van der Waals surface area contributed by atoms with E-state index >= 15 is 0 Å². The zero-order valence-electron chi connectivity index (χ0n) is 13.5. The van der Waals surface area contributed by atoms with E-state index in [-0.39, 0.29) is 30.6 Å². The minimum atomic E-state index is -0.378.